The van der Waals surface area contributed by atoms with Gasteiger partial charge >= 0.3 is 0 Å². The number of rotatable bonds is 4. The summed E-state index contributed by atoms with van der Waals surface area (Å²) < 4.78 is 6.18. The number of hydrogen-bond acceptors (Lipinski definition) is 5. The zero-order valence-electron chi connectivity index (χ0n) is 15.1. The van der Waals surface area contributed by atoms with E-state index in [0.29, 0.717) is 11.7 Å². The molecule has 1 aliphatic heterocycles. The molecule has 0 radical (unpaired) electrons. The van der Waals surface area contributed by atoms with Crippen LogP contribution in [0.5, 0.6) is 5.75 Å². The predicted molar refractivity (Wildman–Crippen MR) is 106 cm³/mol. The summed E-state index contributed by atoms with van der Waals surface area (Å²) >= 11 is 1.45. The molecule has 0 unspecified atom stereocenters. The highest BCUT2D eigenvalue weighted by atomic mass is 32.1. The Morgan fingerprint density at radius 1 is 1.26 bits per heavy atom. The van der Waals surface area contributed by atoms with Gasteiger partial charge in [0, 0.05) is 18.7 Å². The van der Waals surface area contributed by atoms with Gasteiger partial charge in [0.15, 0.2) is 5.13 Å². The maximum absolute atomic E-state index is 12.6. The van der Waals surface area contributed by atoms with E-state index in [4.69, 9.17) is 4.74 Å². The van der Waals surface area contributed by atoms with Crippen LogP contribution in [0.25, 0.3) is 10.2 Å². The Balaban J connectivity index is 1.46. The third kappa shape index (κ3) is 3.50. The minimum Gasteiger partial charge on any atom is -0.497 e. The first-order chi connectivity index (χ1) is 13.0. The number of methoxy groups -OCH3 is 1. The summed E-state index contributed by atoms with van der Waals surface area (Å²) in [6.07, 6.45) is 0.196. The second kappa shape index (κ2) is 7.00. The van der Waals surface area contributed by atoms with Crippen molar-refractivity contribution in [2.75, 3.05) is 23.9 Å². The van der Waals surface area contributed by atoms with E-state index in [-0.39, 0.29) is 18.2 Å². The van der Waals surface area contributed by atoms with Crippen LogP contribution in [0.15, 0.2) is 42.5 Å². The van der Waals surface area contributed by atoms with E-state index < -0.39 is 5.92 Å². The van der Waals surface area contributed by atoms with Crippen molar-refractivity contribution in [2.24, 2.45) is 5.92 Å². The number of hydrogen-bond donors (Lipinski definition) is 1. The summed E-state index contributed by atoms with van der Waals surface area (Å²) in [4.78, 5) is 31.1. The van der Waals surface area contributed by atoms with Crippen molar-refractivity contribution < 1.29 is 14.3 Å². The monoisotopic (exact) mass is 381 g/mol. The zero-order valence-corrected chi connectivity index (χ0v) is 15.9. The van der Waals surface area contributed by atoms with E-state index >= 15 is 0 Å². The quantitative estimate of drug-likeness (QED) is 0.749. The number of nitrogens with one attached hydrogen (secondary N) is 1. The Morgan fingerprint density at radius 3 is 2.78 bits per heavy atom. The molecule has 1 fully saturated rings. The minimum absolute atomic E-state index is 0.0553. The normalized spacial score (nSPS) is 16.7. The standard InChI is InChI=1S/C20H19N3O3S/c1-12-3-8-16-17(9-12)27-20(21-16)22-19(25)13-10-18(24)23(11-13)14-4-6-15(26-2)7-5-14/h3-9,13H,10-11H2,1-2H3,(H,21,22,25)/t13-/m0/s1. The lowest BCUT2D eigenvalue weighted by Gasteiger charge is -2.16. The van der Waals surface area contributed by atoms with Crippen molar-refractivity contribution in [2.45, 2.75) is 13.3 Å². The van der Waals surface area contributed by atoms with Crippen LogP contribution in [0.1, 0.15) is 12.0 Å². The molecular formula is C20H19N3O3S. The van der Waals surface area contributed by atoms with Crippen LogP contribution in [-0.2, 0) is 9.59 Å². The molecule has 0 spiro atoms. The number of anilines is 2. The lowest BCUT2D eigenvalue weighted by Crippen LogP contribution is -2.28. The lowest BCUT2D eigenvalue weighted by molar-refractivity contribution is -0.122. The Morgan fingerprint density at radius 2 is 2.04 bits per heavy atom. The number of nitrogens with zero attached hydrogens (tertiary/aromatic N) is 2. The molecule has 0 aliphatic carbocycles. The molecule has 1 aliphatic rings. The van der Waals surface area contributed by atoms with Gasteiger partial charge in [0.05, 0.1) is 23.2 Å². The van der Waals surface area contributed by atoms with Crippen molar-refractivity contribution in [3.05, 3.63) is 48.0 Å². The molecule has 2 amide bonds. The summed E-state index contributed by atoms with van der Waals surface area (Å²) in [5, 5.41) is 3.44. The molecule has 6 nitrogen and oxygen atoms in total. The zero-order chi connectivity index (χ0) is 19.0. The number of thiazole rings is 1. The van der Waals surface area contributed by atoms with Gasteiger partial charge < -0.3 is 15.0 Å². The van der Waals surface area contributed by atoms with Gasteiger partial charge in [-0.2, -0.15) is 0 Å². The highest BCUT2D eigenvalue weighted by Crippen LogP contribution is 2.30. The van der Waals surface area contributed by atoms with E-state index in [0.717, 1.165) is 27.2 Å². The topological polar surface area (TPSA) is 71.5 Å². The Hall–Kier alpha value is -2.93. The fourth-order valence-corrected chi connectivity index (χ4v) is 4.15. The minimum atomic E-state index is -0.395. The van der Waals surface area contributed by atoms with Gasteiger partial charge in [-0.3, -0.25) is 9.59 Å². The van der Waals surface area contributed by atoms with Crippen LogP contribution in [0.3, 0.4) is 0 Å². The van der Waals surface area contributed by atoms with Crippen molar-refractivity contribution in [3.63, 3.8) is 0 Å². The first kappa shape index (κ1) is 17.5. The molecular weight excluding hydrogens is 362 g/mol. The highest BCUT2D eigenvalue weighted by molar-refractivity contribution is 7.22. The van der Waals surface area contributed by atoms with Gasteiger partial charge in [0.25, 0.3) is 0 Å². The number of amides is 2. The Labute approximate surface area is 160 Å². The van der Waals surface area contributed by atoms with Crippen molar-refractivity contribution >= 4 is 44.2 Å². The fourth-order valence-electron chi connectivity index (χ4n) is 3.19. The second-order valence-corrected chi connectivity index (χ2v) is 7.61. The number of fused-ring (bicyclic) bond motifs is 1. The number of ether oxygens (including phenoxy) is 1. The van der Waals surface area contributed by atoms with E-state index in [1.807, 2.05) is 37.3 Å². The fraction of sp³-hybridized carbons (Fsp3) is 0.250. The second-order valence-electron chi connectivity index (χ2n) is 6.58. The summed E-state index contributed by atoms with van der Waals surface area (Å²) in [6.45, 7) is 2.39. The maximum atomic E-state index is 12.6. The molecule has 1 atom stereocenters. The van der Waals surface area contributed by atoms with Crippen LogP contribution in [0.4, 0.5) is 10.8 Å². The SMILES string of the molecule is COc1ccc(N2C[C@@H](C(=O)Nc3nc4ccc(C)cc4s3)CC2=O)cc1. The average Bonchev–Trinajstić information content (AvgIpc) is 3.24. The summed E-state index contributed by atoms with van der Waals surface area (Å²) in [5.41, 5.74) is 2.79. The molecule has 0 bridgehead atoms. The third-order valence-corrected chi connectivity index (χ3v) is 5.59. The number of aromatic nitrogens is 1. The van der Waals surface area contributed by atoms with Crippen LogP contribution < -0.4 is 15.0 Å². The average molecular weight is 381 g/mol. The Bertz CT molecular complexity index is 1010. The molecule has 0 saturated carbocycles. The molecule has 1 N–H and O–H groups in total. The van der Waals surface area contributed by atoms with Gasteiger partial charge in [-0.15, -0.1) is 0 Å². The first-order valence-electron chi connectivity index (χ1n) is 8.66. The third-order valence-electron chi connectivity index (χ3n) is 4.65. The Kier molecular flexibility index (Phi) is 4.53. The molecule has 3 aromatic rings. The number of benzene rings is 2. The molecule has 4 rings (SSSR count). The maximum Gasteiger partial charge on any atom is 0.231 e. The number of carbonyl (C=O) groups is 2. The van der Waals surface area contributed by atoms with Gasteiger partial charge in [-0.05, 0) is 48.9 Å². The van der Waals surface area contributed by atoms with Gasteiger partial charge in [0.1, 0.15) is 5.75 Å². The number of carbonyl (C=O) groups excluding carboxylic acids is 2. The molecule has 1 aromatic heterocycles. The lowest BCUT2D eigenvalue weighted by atomic mass is 10.1. The molecule has 7 heteroatoms. The number of aryl methyl sites for hydroxylation is 1. The molecule has 138 valence electrons. The van der Waals surface area contributed by atoms with Crippen molar-refractivity contribution in [3.8, 4) is 5.75 Å². The highest BCUT2D eigenvalue weighted by Gasteiger charge is 2.35. The summed E-state index contributed by atoms with van der Waals surface area (Å²) in [7, 11) is 1.60. The van der Waals surface area contributed by atoms with Gasteiger partial charge in [0.2, 0.25) is 11.8 Å². The largest absolute Gasteiger partial charge is 0.497 e. The molecule has 1 saturated heterocycles. The molecule has 2 aromatic carbocycles. The summed E-state index contributed by atoms with van der Waals surface area (Å²) in [6, 6.07) is 13.3. The van der Waals surface area contributed by atoms with Gasteiger partial charge in [-0.25, -0.2) is 4.98 Å². The van der Waals surface area contributed by atoms with Crippen LogP contribution >= 0.6 is 11.3 Å². The van der Waals surface area contributed by atoms with E-state index in [1.54, 1.807) is 24.1 Å². The van der Waals surface area contributed by atoms with E-state index in [1.165, 1.54) is 11.3 Å². The molecule has 27 heavy (non-hydrogen) atoms. The van der Waals surface area contributed by atoms with Gasteiger partial charge in [-0.1, -0.05) is 17.4 Å². The summed E-state index contributed by atoms with van der Waals surface area (Å²) in [5.74, 6) is 0.106. The smallest absolute Gasteiger partial charge is 0.231 e. The van der Waals surface area contributed by atoms with Crippen molar-refractivity contribution in [1.82, 2.24) is 4.98 Å². The van der Waals surface area contributed by atoms with Crippen molar-refractivity contribution in [1.29, 1.82) is 0 Å². The van der Waals surface area contributed by atoms with E-state index in [2.05, 4.69) is 10.3 Å². The van der Waals surface area contributed by atoms with Crippen LogP contribution in [-0.4, -0.2) is 30.5 Å². The van der Waals surface area contributed by atoms with E-state index in [9.17, 15) is 9.59 Å². The van der Waals surface area contributed by atoms with Crippen LogP contribution in [0.2, 0.25) is 0 Å². The first-order valence-corrected chi connectivity index (χ1v) is 9.47. The van der Waals surface area contributed by atoms with Crippen LogP contribution in [0, 0.1) is 12.8 Å². The predicted octanol–water partition coefficient (Wildman–Crippen LogP) is 3.60. The molecule has 2 heterocycles.